The molecule has 0 saturated heterocycles. The number of amides is 2. The Morgan fingerprint density at radius 1 is 1.14 bits per heavy atom. The van der Waals surface area contributed by atoms with Crippen LogP contribution < -0.4 is 10.6 Å². The van der Waals surface area contributed by atoms with Crippen molar-refractivity contribution >= 4 is 29.0 Å². The van der Waals surface area contributed by atoms with Gasteiger partial charge in [0.15, 0.2) is 0 Å². The summed E-state index contributed by atoms with van der Waals surface area (Å²) in [6.45, 7) is 0. The molecule has 2 heterocycles. The number of nitrogens with zero attached hydrogens (tertiary/aromatic N) is 4. The first-order valence-corrected chi connectivity index (χ1v) is 6.73. The molecule has 0 unspecified atom stereocenters. The first-order chi connectivity index (χ1) is 10.7. The number of anilines is 2. The second kappa shape index (κ2) is 6.23. The highest BCUT2D eigenvalue weighted by atomic mass is 35.5. The van der Waals surface area contributed by atoms with Gasteiger partial charge in [0, 0.05) is 12.4 Å². The van der Waals surface area contributed by atoms with Crippen molar-refractivity contribution in [1.29, 1.82) is 0 Å². The molecule has 3 aromatic rings. The fourth-order valence-electron chi connectivity index (χ4n) is 1.74. The summed E-state index contributed by atoms with van der Waals surface area (Å²) in [4.78, 5) is 24.1. The Labute approximate surface area is 131 Å². The molecule has 0 fully saturated rings. The smallest absolute Gasteiger partial charge is 0.306 e. The summed E-state index contributed by atoms with van der Waals surface area (Å²) in [7, 11) is 0. The maximum Gasteiger partial charge on any atom is 0.323 e. The Kier molecular flexibility index (Phi) is 3.97. The monoisotopic (exact) mass is 314 g/mol. The van der Waals surface area contributed by atoms with E-state index in [-0.39, 0.29) is 0 Å². The van der Waals surface area contributed by atoms with Crippen LogP contribution in [0.15, 0.2) is 55.4 Å². The summed E-state index contributed by atoms with van der Waals surface area (Å²) < 4.78 is 1.66. The van der Waals surface area contributed by atoms with Gasteiger partial charge in [-0.15, -0.1) is 0 Å². The average Bonchev–Trinajstić information content (AvgIpc) is 3.05. The Bertz CT molecular complexity index is 772. The first-order valence-electron chi connectivity index (χ1n) is 6.35. The molecule has 0 aliphatic carbocycles. The van der Waals surface area contributed by atoms with E-state index in [4.69, 9.17) is 11.6 Å². The number of hydrogen-bond donors (Lipinski definition) is 2. The number of benzene rings is 1. The van der Waals surface area contributed by atoms with Gasteiger partial charge >= 0.3 is 6.03 Å². The summed E-state index contributed by atoms with van der Waals surface area (Å²) in [6.07, 6.45) is 7.97. The van der Waals surface area contributed by atoms with Crippen molar-refractivity contribution in [2.45, 2.75) is 0 Å². The molecule has 0 radical (unpaired) electrons. The van der Waals surface area contributed by atoms with Gasteiger partial charge in [0.25, 0.3) is 0 Å². The molecule has 0 bridgehead atoms. The molecule has 7 nitrogen and oxygen atoms in total. The quantitative estimate of drug-likeness (QED) is 0.778. The van der Waals surface area contributed by atoms with E-state index in [1.54, 1.807) is 47.6 Å². The van der Waals surface area contributed by atoms with Crippen molar-refractivity contribution in [2.24, 2.45) is 0 Å². The Morgan fingerprint density at radius 3 is 2.59 bits per heavy atom. The molecule has 2 N–H and O–H groups in total. The highest BCUT2D eigenvalue weighted by Crippen LogP contribution is 2.20. The lowest BCUT2D eigenvalue weighted by Crippen LogP contribution is -2.20. The molecule has 0 aliphatic rings. The number of aromatic nitrogens is 4. The molecule has 2 amide bonds. The zero-order valence-electron chi connectivity index (χ0n) is 11.3. The normalized spacial score (nSPS) is 10.2. The minimum Gasteiger partial charge on any atom is -0.306 e. The topological polar surface area (TPSA) is 84.7 Å². The summed E-state index contributed by atoms with van der Waals surface area (Å²) in [5.41, 5.74) is 0.992. The third-order valence-electron chi connectivity index (χ3n) is 2.75. The van der Waals surface area contributed by atoms with E-state index < -0.39 is 6.03 Å². The van der Waals surface area contributed by atoms with E-state index in [0.717, 1.165) is 0 Å². The van der Waals surface area contributed by atoms with Crippen molar-refractivity contribution in [3.63, 3.8) is 0 Å². The van der Waals surface area contributed by atoms with Crippen LogP contribution in [0.5, 0.6) is 0 Å². The summed E-state index contributed by atoms with van der Waals surface area (Å²) in [6, 6.07) is 6.55. The molecule has 2 aromatic heterocycles. The van der Waals surface area contributed by atoms with Crippen LogP contribution in [0.2, 0.25) is 5.02 Å². The molecule has 1 aromatic carbocycles. The van der Waals surface area contributed by atoms with Crippen LogP contribution in [0.3, 0.4) is 0 Å². The Morgan fingerprint density at radius 2 is 1.91 bits per heavy atom. The van der Waals surface area contributed by atoms with Crippen LogP contribution in [-0.4, -0.2) is 25.6 Å². The number of hydrogen-bond acceptors (Lipinski definition) is 4. The predicted octanol–water partition coefficient (Wildman–Crippen LogP) is 2.96. The summed E-state index contributed by atoms with van der Waals surface area (Å²) >= 11 is 5.97. The maximum absolute atomic E-state index is 11.9. The van der Waals surface area contributed by atoms with Crippen molar-refractivity contribution in [1.82, 2.24) is 19.5 Å². The lowest BCUT2D eigenvalue weighted by atomic mass is 10.3. The number of urea groups is 1. The van der Waals surface area contributed by atoms with Gasteiger partial charge in [-0.25, -0.2) is 19.7 Å². The number of halogens is 1. The van der Waals surface area contributed by atoms with E-state index in [1.165, 1.54) is 12.4 Å². The number of carbonyl (C=O) groups excluding carboxylic acids is 1. The lowest BCUT2D eigenvalue weighted by Gasteiger charge is -2.08. The van der Waals surface area contributed by atoms with Gasteiger partial charge in [-0.1, -0.05) is 23.7 Å². The van der Waals surface area contributed by atoms with Gasteiger partial charge in [-0.05, 0) is 12.1 Å². The fourth-order valence-corrected chi connectivity index (χ4v) is 1.93. The molecule has 3 rings (SSSR count). The molecule has 0 spiro atoms. The van der Waals surface area contributed by atoms with Crippen molar-refractivity contribution in [2.75, 3.05) is 10.6 Å². The lowest BCUT2D eigenvalue weighted by molar-refractivity contribution is 0.262. The van der Waals surface area contributed by atoms with Gasteiger partial charge in [-0.2, -0.15) is 0 Å². The molecule has 0 aliphatic heterocycles. The number of carbonyl (C=O) groups is 1. The van der Waals surface area contributed by atoms with Crippen molar-refractivity contribution in [3.05, 3.63) is 60.4 Å². The third-order valence-corrected chi connectivity index (χ3v) is 3.08. The number of rotatable bonds is 3. The second-order valence-corrected chi connectivity index (χ2v) is 4.71. The van der Waals surface area contributed by atoms with Gasteiger partial charge in [0.1, 0.15) is 6.33 Å². The molecule has 8 heteroatoms. The van der Waals surface area contributed by atoms with Crippen LogP contribution in [0, 0.1) is 0 Å². The van der Waals surface area contributed by atoms with Crippen LogP contribution in [0.1, 0.15) is 0 Å². The Balaban J connectivity index is 1.66. The van der Waals surface area contributed by atoms with E-state index in [1.807, 2.05) is 0 Å². The van der Waals surface area contributed by atoms with E-state index in [0.29, 0.717) is 22.3 Å². The molecule has 0 saturated carbocycles. The zero-order valence-corrected chi connectivity index (χ0v) is 12.0. The average molecular weight is 315 g/mol. The van der Waals surface area contributed by atoms with Gasteiger partial charge in [0.05, 0.1) is 28.8 Å². The van der Waals surface area contributed by atoms with Crippen LogP contribution in [0.4, 0.5) is 16.2 Å². The first kappa shape index (κ1) is 14.0. The van der Waals surface area contributed by atoms with E-state index >= 15 is 0 Å². The third kappa shape index (κ3) is 3.21. The molecule has 22 heavy (non-hydrogen) atoms. The highest BCUT2D eigenvalue weighted by molar-refractivity contribution is 6.33. The molecular formula is C14H11ClN6O. The standard InChI is InChI=1S/C14H11ClN6O/c15-11-3-1-2-4-12(11)20-14(22)19-10-7-17-13(18-8-10)21-6-5-16-9-21/h1-9H,(H2,19,20,22). The zero-order chi connectivity index (χ0) is 15.4. The Hall–Kier alpha value is -2.93. The number of nitrogens with one attached hydrogen (secondary N) is 2. The molecular weight excluding hydrogens is 304 g/mol. The number of imidazole rings is 1. The fraction of sp³-hybridized carbons (Fsp3) is 0. The van der Waals surface area contributed by atoms with Crippen molar-refractivity contribution < 1.29 is 4.79 Å². The van der Waals surface area contributed by atoms with Crippen LogP contribution in [0.25, 0.3) is 5.95 Å². The summed E-state index contributed by atoms with van der Waals surface area (Å²) in [5, 5.41) is 5.74. The maximum atomic E-state index is 11.9. The minimum absolute atomic E-state index is 0.424. The van der Waals surface area contributed by atoms with E-state index in [9.17, 15) is 4.79 Å². The SMILES string of the molecule is O=C(Nc1cnc(-n2ccnc2)nc1)Nc1ccccc1Cl. The molecule has 110 valence electrons. The second-order valence-electron chi connectivity index (χ2n) is 4.30. The predicted molar refractivity (Wildman–Crippen MR) is 83.2 cm³/mol. The van der Waals surface area contributed by atoms with Gasteiger partial charge in [0.2, 0.25) is 5.95 Å². The largest absolute Gasteiger partial charge is 0.323 e. The van der Waals surface area contributed by atoms with Gasteiger partial charge in [-0.3, -0.25) is 4.57 Å². The number of para-hydroxylation sites is 1. The molecule has 0 atom stereocenters. The highest BCUT2D eigenvalue weighted by Gasteiger charge is 2.06. The van der Waals surface area contributed by atoms with E-state index in [2.05, 4.69) is 25.6 Å². The minimum atomic E-state index is -0.424. The summed E-state index contributed by atoms with van der Waals surface area (Å²) in [5.74, 6) is 0.467. The van der Waals surface area contributed by atoms with Crippen LogP contribution in [-0.2, 0) is 0 Å². The van der Waals surface area contributed by atoms with Crippen LogP contribution >= 0.6 is 11.6 Å². The van der Waals surface area contributed by atoms with Gasteiger partial charge < -0.3 is 10.6 Å². The van der Waals surface area contributed by atoms with Crippen molar-refractivity contribution in [3.8, 4) is 5.95 Å².